The lowest BCUT2D eigenvalue weighted by Crippen LogP contribution is -2.41. The lowest BCUT2D eigenvalue weighted by atomic mass is 9.97. The van der Waals surface area contributed by atoms with E-state index in [2.05, 4.69) is 4.90 Å². The van der Waals surface area contributed by atoms with Crippen molar-refractivity contribution < 1.29 is 23.6 Å². The fraction of sp³-hybridized carbons (Fsp3) is 0.667. The summed E-state index contributed by atoms with van der Waals surface area (Å²) in [6.07, 6.45) is 3.84. The Hall–Kier alpha value is -2.26. The maximum absolute atomic E-state index is 14.2. The number of anilines is 1. The summed E-state index contributed by atoms with van der Waals surface area (Å²) >= 11 is 0. The minimum Gasteiger partial charge on any atom is -0.465 e. The quantitative estimate of drug-likeness (QED) is 0.361. The minimum atomic E-state index is -0.586. The van der Waals surface area contributed by atoms with E-state index in [0.29, 0.717) is 44.5 Å². The fourth-order valence-corrected chi connectivity index (χ4v) is 4.10. The molecule has 3 rings (SSSR count). The van der Waals surface area contributed by atoms with E-state index in [9.17, 15) is 19.3 Å². The van der Waals surface area contributed by atoms with Gasteiger partial charge in [-0.2, -0.15) is 0 Å². The van der Waals surface area contributed by atoms with Gasteiger partial charge < -0.3 is 14.4 Å². The van der Waals surface area contributed by atoms with Gasteiger partial charge >= 0.3 is 5.97 Å². The normalized spacial score (nSPS) is 19.1. The van der Waals surface area contributed by atoms with E-state index in [0.717, 1.165) is 44.8 Å². The number of carbonyl (C=O) groups is 1. The van der Waals surface area contributed by atoms with Gasteiger partial charge in [-0.25, -0.2) is 4.39 Å². The first-order chi connectivity index (χ1) is 14.5. The Labute approximate surface area is 176 Å². The summed E-state index contributed by atoms with van der Waals surface area (Å²) < 4.78 is 25.3. The molecule has 0 unspecified atom stereocenters. The zero-order chi connectivity index (χ0) is 21.5. The number of carbonyl (C=O) groups excluding carboxylic acids is 1. The van der Waals surface area contributed by atoms with E-state index in [1.165, 1.54) is 12.1 Å². The number of likely N-dealkylation sites (tertiary alicyclic amines) is 1. The Balaban J connectivity index is 1.37. The van der Waals surface area contributed by atoms with Crippen LogP contribution < -0.4 is 4.90 Å². The zero-order valence-electron chi connectivity index (χ0n) is 17.4. The van der Waals surface area contributed by atoms with E-state index in [1.54, 1.807) is 0 Å². The van der Waals surface area contributed by atoms with Crippen molar-refractivity contribution in [1.82, 2.24) is 4.90 Å². The van der Waals surface area contributed by atoms with Gasteiger partial charge in [-0.1, -0.05) is 0 Å². The highest BCUT2D eigenvalue weighted by Gasteiger charge is 2.26. The predicted molar refractivity (Wildman–Crippen MR) is 110 cm³/mol. The molecule has 2 heterocycles. The number of nitrogens with zero attached hydrogens (tertiary/aromatic N) is 3. The Bertz CT molecular complexity index is 731. The van der Waals surface area contributed by atoms with Crippen LogP contribution in [0, 0.1) is 21.8 Å². The van der Waals surface area contributed by atoms with Crippen LogP contribution >= 0.6 is 0 Å². The van der Waals surface area contributed by atoms with Crippen LogP contribution in [0.15, 0.2) is 18.2 Å². The second-order valence-corrected chi connectivity index (χ2v) is 7.94. The molecule has 1 aromatic rings. The third-order valence-electron chi connectivity index (χ3n) is 5.86. The first-order valence-electron chi connectivity index (χ1n) is 10.6. The first kappa shape index (κ1) is 22.4. The topological polar surface area (TPSA) is 85.1 Å². The van der Waals surface area contributed by atoms with Crippen LogP contribution in [0.25, 0.3) is 0 Å². The van der Waals surface area contributed by atoms with Gasteiger partial charge in [-0.05, 0) is 44.6 Å². The highest BCUT2D eigenvalue weighted by molar-refractivity contribution is 5.71. The molecule has 166 valence electrons. The molecule has 0 amide bonds. The molecule has 0 aliphatic carbocycles. The van der Waals surface area contributed by atoms with Crippen LogP contribution in [-0.2, 0) is 14.3 Å². The van der Waals surface area contributed by atoms with Crippen molar-refractivity contribution >= 4 is 17.3 Å². The summed E-state index contributed by atoms with van der Waals surface area (Å²) in [6, 6.07) is 3.83. The van der Waals surface area contributed by atoms with Gasteiger partial charge in [-0.3, -0.25) is 19.8 Å². The maximum Gasteiger partial charge on any atom is 0.320 e. The van der Waals surface area contributed by atoms with Crippen molar-refractivity contribution in [3.05, 3.63) is 34.1 Å². The molecule has 0 spiro atoms. The standard InChI is InChI=1S/C21H30FN3O5/c1-2-29-21(26)14-23-9-7-18(8-10-23)30-15-16-5-11-24(12-6-16)20-4-3-17(25(27)28)13-19(20)22/h3-4,13,16,18H,2,5-12,14-15H2,1H3. The summed E-state index contributed by atoms with van der Waals surface area (Å²) in [6.45, 7) is 6.35. The zero-order valence-corrected chi connectivity index (χ0v) is 17.4. The van der Waals surface area contributed by atoms with Gasteiger partial charge in [0.05, 0.1) is 35.9 Å². The molecule has 0 N–H and O–H groups in total. The predicted octanol–water partition coefficient (Wildman–Crippen LogP) is 2.99. The molecule has 8 nitrogen and oxygen atoms in total. The molecule has 0 atom stereocenters. The molecule has 30 heavy (non-hydrogen) atoms. The number of non-ortho nitro benzene ring substituents is 1. The summed E-state index contributed by atoms with van der Waals surface area (Å²) in [5, 5.41) is 10.8. The second-order valence-electron chi connectivity index (χ2n) is 7.94. The van der Waals surface area contributed by atoms with Crippen LogP contribution in [0.4, 0.5) is 15.8 Å². The number of esters is 1. The third kappa shape index (κ3) is 6.12. The van der Waals surface area contributed by atoms with Crippen molar-refractivity contribution in [3.8, 4) is 0 Å². The smallest absolute Gasteiger partial charge is 0.320 e. The number of hydrogen-bond donors (Lipinski definition) is 0. The van der Waals surface area contributed by atoms with Crippen LogP contribution in [0.2, 0.25) is 0 Å². The van der Waals surface area contributed by atoms with Crippen LogP contribution in [-0.4, -0.2) is 67.8 Å². The Kier molecular flexibility index (Phi) is 7.98. The lowest BCUT2D eigenvalue weighted by Gasteiger charge is -2.35. The number of benzene rings is 1. The van der Waals surface area contributed by atoms with E-state index in [4.69, 9.17) is 9.47 Å². The van der Waals surface area contributed by atoms with Crippen molar-refractivity contribution in [2.45, 2.75) is 38.7 Å². The molecule has 0 bridgehead atoms. The average molecular weight is 423 g/mol. The van der Waals surface area contributed by atoms with E-state index >= 15 is 0 Å². The van der Waals surface area contributed by atoms with Crippen LogP contribution in [0.3, 0.4) is 0 Å². The van der Waals surface area contributed by atoms with Crippen LogP contribution in [0.1, 0.15) is 32.6 Å². The molecule has 2 saturated heterocycles. The Morgan fingerprint density at radius 1 is 1.20 bits per heavy atom. The molecule has 1 aromatic carbocycles. The van der Waals surface area contributed by atoms with Gasteiger partial charge in [0.2, 0.25) is 0 Å². The van der Waals surface area contributed by atoms with Crippen molar-refractivity contribution in [3.63, 3.8) is 0 Å². The van der Waals surface area contributed by atoms with Crippen molar-refractivity contribution in [2.24, 2.45) is 5.92 Å². The number of hydrogen-bond acceptors (Lipinski definition) is 7. The highest BCUT2D eigenvalue weighted by atomic mass is 19.1. The highest BCUT2D eigenvalue weighted by Crippen LogP contribution is 2.28. The van der Waals surface area contributed by atoms with E-state index in [1.807, 2.05) is 11.8 Å². The lowest BCUT2D eigenvalue weighted by molar-refractivity contribution is -0.385. The molecule has 9 heteroatoms. The number of piperidine rings is 2. The first-order valence-corrected chi connectivity index (χ1v) is 10.6. The largest absolute Gasteiger partial charge is 0.465 e. The number of ether oxygens (including phenoxy) is 2. The number of nitro benzene ring substituents is 1. The molecule has 0 saturated carbocycles. The molecular weight excluding hydrogens is 393 g/mol. The molecule has 0 aromatic heterocycles. The monoisotopic (exact) mass is 423 g/mol. The summed E-state index contributed by atoms with van der Waals surface area (Å²) in [5.41, 5.74) is 0.196. The molecule has 2 aliphatic rings. The van der Waals surface area contributed by atoms with E-state index in [-0.39, 0.29) is 17.8 Å². The number of nitro groups is 1. The molecule has 2 fully saturated rings. The van der Waals surface area contributed by atoms with Gasteiger partial charge in [0.25, 0.3) is 5.69 Å². The Morgan fingerprint density at radius 2 is 1.90 bits per heavy atom. The SMILES string of the molecule is CCOC(=O)CN1CCC(OCC2CCN(c3ccc([N+](=O)[O-])cc3F)CC2)CC1. The van der Waals surface area contributed by atoms with Crippen molar-refractivity contribution in [1.29, 1.82) is 0 Å². The number of halogens is 1. The third-order valence-corrected chi connectivity index (χ3v) is 5.86. The van der Waals surface area contributed by atoms with Gasteiger partial charge in [0.1, 0.15) is 0 Å². The summed E-state index contributed by atoms with van der Waals surface area (Å²) in [4.78, 5) is 25.8. The molecule has 2 aliphatic heterocycles. The van der Waals surface area contributed by atoms with Crippen LogP contribution in [0.5, 0.6) is 0 Å². The molecule has 0 radical (unpaired) electrons. The fourth-order valence-electron chi connectivity index (χ4n) is 4.10. The molecular formula is C21H30FN3O5. The van der Waals surface area contributed by atoms with E-state index < -0.39 is 10.7 Å². The van der Waals surface area contributed by atoms with Gasteiger partial charge in [-0.15, -0.1) is 0 Å². The average Bonchev–Trinajstić information content (AvgIpc) is 2.74. The Morgan fingerprint density at radius 3 is 2.50 bits per heavy atom. The van der Waals surface area contributed by atoms with Gasteiger partial charge in [0, 0.05) is 38.9 Å². The van der Waals surface area contributed by atoms with Crippen molar-refractivity contribution in [2.75, 3.05) is 50.8 Å². The minimum absolute atomic E-state index is 0.173. The maximum atomic E-state index is 14.2. The summed E-state index contributed by atoms with van der Waals surface area (Å²) in [5.74, 6) is -0.290. The second kappa shape index (κ2) is 10.7. The van der Waals surface area contributed by atoms with Gasteiger partial charge in [0.15, 0.2) is 5.82 Å². The summed E-state index contributed by atoms with van der Waals surface area (Å²) in [7, 11) is 0. The number of rotatable bonds is 8.